The van der Waals surface area contributed by atoms with Crippen LogP contribution in [0.5, 0.6) is 0 Å². The highest BCUT2D eigenvalue weighted by Gasteiger charge is 2.35. The van der Waals surface area contributed by atoms with Gasteiger partial charge in [-0.1, -0.05) is 19.1 Å². The SMILES string of the molecule is C=C1CCCCCN2CCN(c3nccc(-c4cc(Nc5ccccn5)c(=O)n(C)c4)c3CO)C(=O)C2=C1F. The second-order valence-corrected chi connectivity index (χ2v) is 9.74. The Bertz CT molecular complexity index is 1500. The lowest BCUT2D eigenvalue weighted by Crippen LogP contribution is -2.50. The topological polar surface area (TPSA) is 104 Å². The molecule has 3 aromatic rings. The van der Waals surface area contributed by atoms with E-state index in [0.29, 0.717) is 59.8 Å². The number of carbonyl (C=O) groups excluding carboxylic acids is 1. The summed E-state index contributed by atoms with van der Waals surface area (Å²) in [6.45, 7) is 4.80. The predicted octanol–water partition coefficient (Wildman–Crippen LogP) is 4.04. The largest absolute Gasteiger partial charge is 0.392 e. The Hall–Kier alpha value is -4.31. The van der Waals surface area contributed by atoms with E-state index in [1.165, 1.54) is 9.47 Å². The van der Waals surface area contributed by atoms with E-state index in [2.05, 4.69) is 21.9 Å². The van der Waals surface area contributed by atoms with Crippen LogP contribution < -0.4 is 15.8 Å². The number of anilines is 3. The summed E-state index contributed by atoms with van der Waals surface area (Å²) >= 11 is 0. The van der Waals surface area contributed by atoms with Gasteiger partial charge >= 0.3 is 0 Å². The number of carbonyl (C=O) groups is 1. The molecule has 2 aliphatic rings. The number of piperazine rings is 1. The monoisotopic (exact) mass is 530 g/mol. The number of halogens is 1. The summed E-state index contributed by atoms with van der Waals surface area (Å²) in [6.07, 6.45) is 7.99. The van der Waals surface area contributed by atoms with E-state index in [-0.39, 0.29) is 17.1 Å². The van der Waals surface area contributed by atoms with Crippen molar-refractivity contribution in [3.05, 3.63) is 88.5 Å². The Morgan fingerprint density at radius 3 is 2.69 bits per heavy atom. The van der Waals surface area contributed by atoms with Gasteiger partial charge in [0.25, 0.3) is 11.5 Å². The van der Waals surface area contributed by atoms with Crippen LogP contribution in [0.4, 0.5) is 21.7 Å². The number of hydrogen-bond donors (Lipinski definition) is 2. The molecule has 0 unspecified atom stereocenters. The maximum Gasteiger partial charge on any atom is 0.278 e. The van der Waals surface area contributed by atoms with Gasteiger partial charge in [0, 0.05) is 56.4 Å². The van der Waals surface area contributed by atoms with Gasteiger partial charge in [0.2, 0.25) is 0 Å². The second-order valence-electron chi connectivity index (χ2n) is 9.74. The lowest BCUT2D eigenvalue weighted by Gasteiger charge is -2.37. The third-order valence-corrected chi connectivity index (χ3v) is 7.15. The van der Waals surface area contributed by atoms with E-state index in [1.54, 1.807) is 54.8 Å². The van der Waals surface area contributed by atoms with Crippen molar-refractivity contribution in [2.45, 2.75) is 32.3 Å². The van der Waals surface area contributed by atoms with Crippen molar-refractivity contribution >= 4 is 23.2 Å². The highest BCUT2D eigenvalue weighted by Crippen LogP contribution is 2.35. The molecule has 3 aromatic heterocycles. The van der Waals surface area contributed by atoms with Gasteiger partial charge in [-0.3, -0.25) is 14.5 Å². The fourth-order valence-electron chi connectivity index (χ4n) is 5.11. The van der Waals surface area contributed by atoms with Gasteiger partial charge in [0.1, 0.15) is 23.0 Å². The Morgan fingerprint density at radius 1 is 1.08 bits per heavy atom. The summed E-state index contributed by atoms with van der Waals surface area (Å²) in [5.41, 5.74) is 2.03. The van der Waals surface area contributed by atoms with Crippen LogP contribution in [-0.2, 0) is 18.4 Å². The molecule has 202 valence electrons. The number of fused-ring (bicyclic) bond motifs is 1. The van der Waals surface area contributed by atoms with E-state index in [1.807, 2.05) is 6.07 Å². The third-order valence-electron chi connectivity index (χ3n) is 7.15. The molecule has 0 radical (unpaired) electrons. The van der Waals surface area contributed by atoms with Crippen LogP contribution >= 0.6 is 0 Å². The normalized spacial score (nSPS) is 16.5. The van der Waals surface area contributed by atoms with Crippen LogP contribution in [-0.4, -0.2) is 50.1 Å². The Balaban J connectivity index is 1.56. The number of aliphatic hydroxyl groups is 1. The maximum atomic E-state index is 15.5. The minimum Gasteiger partial charge on any atom is -0.392 e. The van der Waals surface area contributed by atoms with Gasteiger partial charge in [0.15, 0.2) is 5.83 Å². The van der Waals surface area contributed by atoms with Crippen LogP contribution in [0.3, 0.4) is 0 Å². The van der Waals surface area contributed by atoms with Gasteiger partial charge in [-0.15, -0.1) is 0 Å². The molecule has 2 N–H and O–H groups in total. The number of nitrogens with zero attached hydrogens (tertiary/aromatic N) is 5. The van der Waals surface area contributed by atoms with Crippen molar-refractivity contribution < 1.29 is 14.3 Å². The predicted molar refractivity (Wildman–Crippen MR) is 148 cm³/mol. The van der Waals surface area contributed by atoms with Crippen LogP contribution in [0, 0.1) is 0 Å². The number of aryl methyl sites for hydroxylation is 1. The fraction of sp³-hybridized carbons (Fsp3) is 0.310. The molecular formula is C29H31FN6O3. The number of pyridine rings is 3. The zero-order valence-corrected chi connectivity index (χ0v) is 21.9. The lowest BCUT2D eigenvalue weighted by atomic mass is 10.0. The molecule has 10 heteroatoms. The van der Waals surface area contributed by atoms with Gasteiger partial charge in [-0.2, -0.15) is 0 Å². The summed E-state index contributed by atoms with van der Waals surface area (Å²) in [4.78, 5) is 38.5. The highest BCUT2D eigenvalue weighted by molar-refractivity contribution is 6.07. The number of allylic oxidation sites excluding steroid dienone is 2. The molecule has 9 nitrogen and oxygen atoms in total. The fourth-order valence-corrected chi connectivity index (χ4v) is 5.11. The van der Waals surface area contributed by atoms with Crippen LogP contribution in [0.1, 0.15) is 31.2 Å². The number of rotatable bonds is 5. The van der Waals surface area contributed by atoms with Crippen LogP contribution in [0.2, 0.25) is 0 Å². The van der Waals surface area contributed by atoms with E-state index >= 15 is 4.39 Å². The summed E-state index contributed by atoms with van der Waals surface area (Å²) in [6, 6.07) is 8.75. The van der Waals surface area contributed by atoms with Crippen molar-refractivity contribution in [1.29, 1.82) is 0 Å². The van der Waals surface area contributed by atoms with E-state index in [4.69, 9.17) is 0 Å². The molecule has 2 aliphatic heterocycles. The first-order valence-electron chi connectivity index (χ1n) is 13.0. The van der Waals surface area contributed by atoms with Crippen molar-refractivity contribution in [2.24, 2.45) is 7.05 Å². The average Bonchev–Trinajstić information content (AvgIpc) is 3.01. The molecule has 5 heterocycles. The molecule has 1 saturated heterocycles. The molecule has 0 aliphatic carbocycles. The van der Waals surface area contributed by atoms with Gasteiger partial charge < -0.3 is 19.9 Å². The van der Waals surface area contributed by atoms with Crippen molar-refractivity contribution in [3.63, 3.8) is 0 Å². The molecule has 1 fully saturated rings. The summed E-state index contributed by atoms with van der Waals surface area (Å²) in [5, 5.41) is 13.5. The van der Waals surface area contributed by atoms with Gasteiger partial charge in [-0.25, -0.2) is 14.4 Å². The minimum absolute atomic E-state index is 0.00759. The smallest absolute Gasteiger partial charge is 0.278 e. The molecule has 1 amide bonds. The third kappa shape index (κ3) is 5.20. The van der Waals surface area contributed by atoms with E-state index in [0.717, 1.165) is 19.3 Å². The van der Waals surface area contributed by atoms with Crippen LogP contribution in [0.25, 0.3) is 11.1 Å². The van der Waals surface area contributed by atoms with E-state index < -0.39 is 18.3 Å². The zero-order valence-electron chi connectivity index (χ0n) is 21.9. The molecule has 0 saturated carbocycles. The number of hydrogen-bond acceptors (Lipinski definition) is 7. The highest BCUT2D eigenvalue weighted by atomic mass is 19.1. The number of amides is 1. The first kappa shape index (κ1) is 26.3. The molecule has 0 aromatic carbocycles. The lowest BCUT2D eigenvalue weighted by molar-refractivity contribution is -0.118. The quantitative estimate of drug-likeness (QED) is 0.513. The Morgan fingerprint density at radius 2 is 1.92 bits per heavy atom. The van der Waals surface area contributed by atoms with Crippen molar-refractivity contribution in [1.82, 2.24) is 19.4 Å². The number of aromatic nitrogens is 3. The average molecular weight is 531 g/mol. The Kier molecular flexibility index (Phi) is 7.56. The summed E-state index contributed by atoms with van der Waals surface area (Å²) < 4.78 is 16.9. The van der Waals surface area contributed by atoms with Crippen LogP contribution in [0.15, 0.2) is 77.4 Å². The standard InChI is InChI=1S/C29H31FN6O3/c1-19-8-4-3-7-13-35-14-15-36(29(39)26(35)25(19)30)27-22(18-37)21(10-12-32-27)20-16-23(28(38)34(2)17-20)33-24-9-5-6-11-31-24/h5-6,9-12,16-17,37H,1,3-4,7-8,13-15,18H2,2H3,(H,31,33). The number of nitrogens with one attached hydrogen (secondary N) is 1. The molecule has 0 spiro atoms. The summed E-state index contributed by atoms with van der Waals surface area (Å²) in [5.74, 6) is -0.297. The molecule has 39 heavy (non-hydrogen) atoms. The summed E-state index contributed by atoms with van der Waals surface area (Å²) in [7, 11) is 1.64. The zero-order chi connectivity index (χ0) is 27.5. The Labute approximate surface area is 225 Å². The second kappa shape index (κ2) is 11.2. The van der Waals surface area contributed by atoms with Crippen molar-refractivity contribution in [2.75, 3.05) is 29.9 Å². The molecule has 5 rings (SSSR count). The van der Waals surface area contributed by atoms with Gasteiger partial charge in [0.05, 0.1) is 6.61 Å². The van der Waals surface area contributed by atoms with Crippen molar-refractivity contribution in [3.8, 4) is 11.1 Å². The number of aliphatic hydroxyl groups excluding tert-OH is 1. The molecule has 0 bridgehead atoms. The molecule has 0 atom stereocenters. The van der Waals surface area contributed by atoms with Gasteiger partial charge in [-0.05, 0) is 54.7 Å². The molecular weight excluding hydrogens is 499 g/mol. The first-order valence-corrected chi connectivity index (χ1v) is 13.0. The van der Waals surface area contributed by atoms with E-state index in [9.17, 15) is 14.7 Å². The maximum absolute atomic E-state index is 15.5. The first-order chi connectivity index (χ1) is 18.9. The minimum atomic E-state index is -0.573.